The highest BCUT2D eigenvalue weighted by Gasteiger charge is 2.13. The van der Waals surface area contributed by atoms with Crippen LogP contribution in [-0.4, -0.2) is 33.2 Å². The number of rotatable bonds is 2. The highest BCUT2D eigenvalue weighted by atomic mass is 32.2. The van der Waals surface area contributed by atoms with Gasteiger partial charge in [0.1, 0.15) is 5.78 Å². The smallest absolute Gasteiger partial charge is 0.132 e. The minimum Gasteiger partial charge on any atom is -0.390 e. The molecule has 0 aliphatic rings. The first-order chi connectivity index (χ1) is 5.15. The minimum absolute atomic E-state index is 0.0255. The van der Waals surface area contributed by atoms with Crippen LogP contribution in [0.1, 0.15) is 27.2 Å². The molecule has 0 aliphatic heterocycles. The highest BCUT2D eigenvalue weighted by Crippen LogP contribution is 2.06. The molecule has 0 unspecified atom stereocenters. The van der Waals surface area contributed by atoms with Crippen molar-refractivity contribution in [2.75, 3.05) is 12.5 Å². The molecule has 4 heteroatoms. The molecule has 0 fully saturated rings. The average molecular weight is 194 g/mol. The second kappa shape index (κ2) is 6.31. The van der Waals surface area contributed by atoms with E-state index in [0.29, 0.717) is 0 Å². The van der Waals surface area contributed by atoms with E-state index in [2.05, 4.69) is 0 Å². The number of carbonyl (C=O) groups excluding carboxylic acids is 1. The number of ketones is 1. The van der Waals surface area contributed by atoms with Gasteiger partial charge in [-0.05, 0) is 20.8 Å². The van der Waals surface area contributed by atoms with E-state index in [1.54, 1.807) is 26.4 Å². The Morgan fingerprint density at radius 3 is 1.67 bits per heavy atom. The van der Waals surface area contributed by atoms with Crippen molar-refractivity contribution in [3.8, 4) is 0 Å². The van der Waals surface area contributed by atoms with Gasteiger partial charge in [-0.2, -0.15) is 0 Å². The summed E-state index contributed by atoms with van der Waals surface area (Å²) >= 11 is 0. The van der Waals surface area contributed by atoms with E-state index < -0.39 is 16.4 Å². The SMILES string of the molecule is CC(=O)CC(C)(C)O.CS(C)=O. The Bertz CT molecular complexity index is 154. The van der Waals surface area contributed by atoms with Gasteiger partial charge < -0.3 is 5.11 Å². The Labute approximate surface area is 76.6 Å². The monoisotopic (exact) mass is 194 g/mol. The molecule has 0 saturated carbocycles. The zero-order valence-electron chi connectivity index (χ0n) is 8.38. The second-order valence-electron chi connectivity index (χ2n) is 3.43. The number of carbonyl (C=O) groups is 1. The van der Waals surface area contributed by atoms with Crippen molar-refractivity contribution in [2.45, 2.75) is 32.8 Å². The van der Waals surface area contributed by atoms with Crippen LogP contribution in [0.25, 0.3) is 0 Å². The third-order valence-corrected chi connectivity index (χ3v) is 0.682. The Balaban J connectivity index is 0. The summed E-state index contributed by atoms with van der Waals surface area (Å²) in [5.74, 6) is 0.0255. The molecule has 0 aromatic rings. The van der Waals surface area contributed by atoms with Crippen molar-refractivity contribution in [1.29, 1.82) is 0 Å². The molecule has 74 valence electrons. The van der Waals surface area contributed by atoms with E-state index in [0.717, 1.165) is 0 Å². The quantitative estimate of drug-likeness (QED) is 0.705. The zero-order valence-corrected chi connectivity index (χ0v) is 9.20. The molecule has 0 amide bonds. The lowest BCUT2D eigenvalue weighted by atomic mass is 10.0. The van der Waals surface area contributed by atoms with Crippen molar-refractivity contribution < 1.29 is 14.1 Å². The van der Waals surface area contributed by atoms with Crippen LogP contribution in [0.5, 0.6) is 0 Å². The molecule has 0 aliphatic carbocycles. The molecule has 0 aromatic carbocycles. The first-order valence-corrected chi connectivity index (χ1v) is 5.58. The first-order valence-electron chi connectivity index (χ1n) is 3.62. The van der Waals surface area contributed by atoms with Crippen molar-refractivity contribution in [1.82, 2.24) is 0 Å². The van der Waals surface area contributed by atoms with Crippen molar-refractivity contribution >= 4 is 16.6 Å². The third kappa shape index (κ3) is 33.0. The highest BCUT2D eigenvalue weighted by molar-refractivity contribution is 7.83. The van der Waals surface area contributed by atoms with Gasteiger partial charge in [-0.25, -0.2) is 0 Å². The molecule has 0 heterocycles. The summed E-state index contributed by atoms with van der Waals surface area (Å²) in [4.78, 5) is 10.3. The molecule has 0 radical (unpaired) electrons. The average Bonchev–Trinajstić information content (AvgIpc) is 1.52. The summed E-state index contributed by atoms with van der Waals surface area (Å²) in [5.41, 5.74) is -0.828. The summed E-state index contributed by atoms with van der Waals surface area (Å²) < 4.78 is 9.56. The number of hydrogen-bond donors (Lipinski definition) is 1. The maximum absolute atomic E-state index is 10.3. The maximum atomic E-state index is 10.3. The summed E-state index contributed by atoms with van der Waals surface area (Å²) in [5, 5.41) is 8.97. The van der Waals surface area contributed by atoms with Gasteiger partial charge in [0, 0.05) is 29.7 Å². The molecule has 0 bridgehead atoms. The Morgan fingerprint density at radius 2 is 1.67 bits per heavy atom. The summed E-state index contributed by atoms with van der Waals surface area (Å²) in [6.45, 7) is 4.71. The van der Waals surface area contributed by atoms with Crippen molar-refractivity contribution in [3.05, 3.63) is 0 Å². The maximum Gasteiger partial charge on any atom is 0.132 e. The van der Waals surface area contributed by atoms with Crippen LogP contribution in [0.2, 0.25) is 0 Å². The first kappa shape index (κ1) is 14.3. The Kier molecular flexibility index (Phi) is 7.53. The molecule has 12 heavy (non-hydrogen) atoms. The van der Waals surface area contributed by atoms with Gasteiger partial charge in [-0.15, -0.1) is 0 Å². The lowest BCUT2D eigenvalue weighted by molar-refractivity contribution is -0.120. The molecule has 0 aromatic heterocycles. The molecular formula is C8H18O3S. The van der Waals surface area contributed by atoms with E-state index in [1.807, 2.05) is 0 Å². The van der Waals surface area contributed by atoms with E-state index in [4.69, 9.17) is 5.11 Å². The predicted molar refractivity (Wildman–Crippen MR) is 51.6 cm³/mol. The van der Waals surface area contributed by atoms with Gasteiger partial charge in [0.15, 0.2) is 0 Å². The van der Waals surface area contributed by atoms with Gasteiger partial charge in [0.25, 0.3) is 0 Å². The van der Waals surface area contributed by atoms with Crippen LogP contribution in [0.4, 0.5) is 0 Å². The van der Waals surface area contributed by atoms with Crippen molar-refractivity contribution in [3.63, 3.8) is 0 Å². The largest absolute Gasteiger partial charge is 0.390 e. The molecule has 0 atom stereocenters. The van der Waals surface area contributed by atoms with Crippen LogP contribution in [0, 0.1) is 0 Å². The molecule has 3 nitrogen and oxygen atoms in total. The summed E-state index contributed by atoms with van der Waals surface area (Å²) in [6, 6.07) is 0. The number of Topliss-reactive ketones (excluding diaryl/α,β-unsaturated/α-hetero) is 1. The predicted octanol–water partition coefficient (Wildman–Crippen LogP) is 0.731. The van der Waals surface area contributed by atoms with E-state index in [-0.39, 0.29) is 12.2 Å². The fraction of sp³-hybridized carbons (Fsp3) is 0.875. The Morgan fingerprint density at radius 1 is 1.42 bits per heavy atom. The summed E-state index contributed by atoms with van der Waals surface area (Å²) in [7, 11) is -0.611. The normalized spacial score (nSPS) is 10.6. The van der Waals surface area contributed by atoms with Crippen LogP contribution < -0.4 is 0 Å². The van der Waals surface area contributed by atoms with E-state index in [9.17, 15) is 9.00 Å². The van der Waals surface area contributed by atoms with Crippen LogP contribution in [0.3, 0.4) is 0 Å². The zero-order chi connectivity index (χ0) is 10.4. The van der Waals surface area contributed by atoms with Gasteiger partial charge in [0.05, 0.1) is 5.60 Å². The third-order valence-electron chi connectivity index (χ3n) is 0.682. The van der Waals surface area contributed by atoms with Crippen LogP contribution in [0.15, 0.2) is 0 Å². The molecule has 0 spiro atoms. The lowest BCUT2D eigenvalue weighted by Gasteiger charge is -2.13. The lowest BCUT2D eigenvalue weighted by Crippen LogP contribution is -2.21. The number of aliphatic hydroxyl groups is 1. The van der Waals surface area contributed by atoms with Crippen LogP contribution >= 0.6 is 0 Å². The summed E-state index contributed by atoms with van der Waals surface area (Å²) in [6.07, 6.45) is 3.52. The van der Waals surface area contributed by atoms with Crippen LogP contribution in [-0.2, 0) is 15.6 Å². The molecule has 0 saturated heterocycles. The standard InChI is InChI=1S/C6H12O2.C2H6OS/c1-5(7)4-6(2,3)8;1-4(2)3/h8H,4H2,1-3H3;1-2H3. The molecular weight excluding hydrogens is 176 g/mol. The fourth-order valence-electron chi connectivity index (χ4n) is 0.609. The van der Waals surface area contributed by atoms with E-state index >= 15 is 0 Å². The Hall–Kier alpha value is -0.220. The van der Waals surface area contributed by atoms with E-state index in [1.165, 1.54) is 6.92 Å². The minimum atomic E-state index is -0.828. The van der Waals surface area contributed by atoms with Gasteiger partial charge in [-0.3, -0.25) is 9.00 Å². The van der Waals surface area contributed by atoms with Gasteiger partial charge >= 0.3 is 0 Å². The van der Waals surface area contributed by atoms with Crippen molar-refractivity contribution in [2.24, 2.45) is 0 Å². The van der Waals surface area contributed by atoms with Gasteiger partial charge in [-0.1, -0.05) is 0 Å². The second-order valence-corrected chi connectivity index (χ2v) is 4.92. The molecule has 0 rings (SSSR count). The topological polar surface area (TPSA) is 54.4 Å². The van der Waals surface area contributed by atoms with Gasteiger partial charge in [0.2, 0.25) is 0 Å². The molecule has 1 N–H and O–H groups in total. The number of hydrogen-bond acceptors (Lipinski definition) is 3. The fourth-order valence-corrected chi connectivity index (χ4v) is 0.609.